The molecular weight excluding hydrogens is 236 g/mol. The molecule has 4 heteroatoms. The van der Waals surface area contributed by atoms with Crippen molar-refractivity contribution in [2.45, 2.75) is 12.8 Å². The number of halogens is 1. The van der Waals surface area contributed by atoms with Crippen LogP contribution in [0.3, 0.4) is 0 Å². The van der Waals surface area contributed by atoms with Crippen LogP contribution in [0.5, 0.6) is 0 Å². The summed E-state index contributed by atoms with van der Waals surface area (Å²) in [5, 5.41) is 12.7. The lowest BCUT2D eigenvalue weighted by Gasteiger charge is -2.10. The molecule has 1 aromatic rings. The highest BCUT2D eigenvalue weighted by Gasteiger charge is 2.20. The van der Waals surface area contributed by atoms with Gasteiger partial charge in [0.2, 0.25) is 0 Å². The third-order valence-corrected chi connectivity index (χ3v) is 3.05. The lowest BCUT2D eigenvalue weighted by atomic mass is 10.2. The number of hydrogen-bond acceptors (Lipinski definition) is 3. The molecule has 0 unspecified atom stereocenters. The molecule has 0 amide bonds. The summed E-state index contributed by atoms with van der Waals surface area (Å²) in [5.41, 5.74) is 1.27. The Morgan fingerprint density at radius 2 is 2.29 bits per heavy atom. The Labute approximate surface area is 106 Å². The van der Waals surface area contributed by atoms with Crippen molar-refractivity contribution in [2.24, 2.45) is 5.92 Å². The summed E-state index contributed by atoms with van der Waals surface area (Å²) in [5.74, 6) is 0.782. The summed E-state index contributed by atoms with van der Waals surface area (Å²) in [6, 6.07) is 7.41. The highest BCUT2D eigenvalue weighted by atomic mass is 35.5. The van der Waals surface area contributed by atoms with Gasteiger partial charge in [-0.1, -0.05) is 17.7 Å². The van der Waals surface area contributed by atoms with E-state index in [2.05, 4.69) is 11.4 Å². The van der Waals surface area contributed by atoms with E-state index in [9.17, 15) is 0 Å². The van der Waals surface area contributed by atoms with Crippen molar-refractivity contribution >= 4 is 17.3 Å². The van der Waals surface area contributed by atoms with E-state index in [-0.39, 0.29) is 0 Å². The standard InChI is InChI=1S/C13H15ClN2O/c14-12-3-1-2-11(8-15)13(12)16-6-7-17-9-10-4-5-10/h1-3,10,16H,4-7,9H2. The Morgan fingerprint density at radius 1 is 1.47 bits per heavy atom. The van der Waals surface area contributed by atoms with Crippen molar-refractivity contribution in [1.29, 1.82) is 5.26 Å². The number of nitrogens with one attached hydrogen (secondary N) is 1. The fraction of sp³-hybridized carbons (Fsp3) is 0.462. The molecule has 0 atom stereocenters. The zero-order chi connectivity index (χ0) is 12.1. The van der Waals surface area contributed by atoms with E-state index >= 15 is 0 Å². The SMILES string of the molecule is N#Cc1cccc(Cl)c1NCCOCC1CC1. The monoisotopic (exact) mass is 250 g/mol. The van der Waals surface area contributed by atoms with Gasteiger partial charge in [-0.15, -0.1) is 0 Å². The number of anilines is 1. The van der Waals surface area contributed by atoms with Crippen molar-refractivity contribution in [2.75, 3.05) is 25.1 Å². The van der Waals surface area contributed by atoms with Crippen LogP contribution in [0, 0.1) is 17.2 Å². The lowest BCUT2D eigenvalue weighted by Crippen LogP contribution is -2.11. The van der Waals surface area contributed by atoms with Crippen molar-refractivity contribution in [3.05, 3.63) is 28.8 Å². The molecule has 0 saturated heterocycles. The fourth-order valence-corrected chi connectivity index (χ4v) is 1.82. The summed E-state index contributed by atoms with van der Waals surface area (Å²) in [6.07, 6.45) is 2.60. The van der Waals surface area contributed by atoms with Crippen molar-refractivity contribution in [3.8, 4) is 6.07 Å². The molecular formula is C13H15ClN2O. The van der Waals surface area contributed by atoms with Crippen LogP contribution in [0.15, 0.2) is 18.2 Å². The van der Waals surface area contributed by atoms with Crippen LogP contribution in [-0.4, -0.2) is 19.8 Å². The second kappa shape index (κ2) is 5.90. The van der Waals surface area contributed by atoms with E-state index < -0.39 is 0 Å². The summed E-state index contributed by atoms with van der Waals surface area (Å²) >= 11 is 6.03. The first-order valence-electron chi connectivity index (χ1n) is 5.81. The van der Waals surface area contributed by atoms with Gasteiger partial charge in [-0.3, -0.25) is 0 Å². The summed E-state index contributed by atoms with van der Waals surface area (Å²) in [7, 11) is 0. The number of para-hydroxylation sites is 1. The minimum Gasteiger partial charge on any atom is -0.380 e. The molecule has 1 aliphatic rings. The topological polar surface area (TPSA) is 45.0 Å². The number of ether oxygens (including phenoxy) is 1. The smallest absolute Gasteiger partial charge is 0.101 e. The minimum atomic E-state index is 0.569. The van der Waals surface area contributed by atoms with Crippen LogP contribution in [0.25, 0.3) is 0 Å². The van der Waals surface area contributed by atoms with Gasteiger partial charge in [-0.25, -0.2) is 0 Å². The average molecular weight is 251 g/mol. The van der Waals surface area contributed by atoms with Crippen LogP contribution in [0.1, 0.15) is 18.4 Å². The first-order valence-corrected chi connectivity index (χ1v) is 6.19. The van der Waals surface area contributed by atoms with Gasteiger partial charge < -0.3 is 10.1 Å². The second-order valence-electron chi connectivity index (χ2n) is 4.22. The molecule has 1 saturated carbocycles. The summed E-state index contributed by atoms with van der Waals surface area (Å²) < 4.78 is 5.50. The van der Waals surface area contributed by atoms with Crippen LogP contribution in [0.2, 0.25) is 5.02 Å². The first-order chi connectivity index (χ1) is 8.31. The summed E-state index contributed by atoms with van der Waals surface area (Å²) in [6.45, 7) is 2.17. The molecule has 0 aliphatic heterocycles. The molecule has 0 radical (unpaired) electrons. The van der Waals surface area contributed by atoms with Crippen LogP contribution in [0.4, 0.5) is 5.69 Å². The molecule has 0 bridgehead atoms. The maximum Gasteiger partial charge on any atom is 0.101 e. The normalized spacial score (nSPS) is 14.4. The van der Waals surface area contributed by atoms with Gasteiger partial charge in [0, 0.05) is 13.2 Å². The fourth-order valence-electron chi connectivity index (χ4n) is 1.58. The predicted octanol–water partition coefficient (Wildman–Crippen LogP) is 3.05. The van der Waals surface area contributed by atoms with E-state index in [1.165, 1.54) is 12.8 Å². The molecule has 17 heavy (non-hydrogen) atoms. The molecule has 0 spiro atoms. The zero-order valence-corrected chi connectivity index (χ0v) is 10.3. The highest BCUT2D eigenvalue weighted by molar-refractivity contribution is 6.33. The molecule has 0 aromatic heterocycles. The quantitative estimate of drug-likeness (QED) is 0.790. The predicted molar refractivity (Wildman–Crippen MR) is 68.2 cm³/mol. The van der Waals surface area contributed by atoms with E-state index in [1.54, 1.807) is 18.2 Å². The van der Waals surface area contributed by atoms with Crippen molar-refractivity contribution in [3.63, 3.8) is 0 Å². The molecule has 90 valence electrons. The van der Waals surface area contributed by atoms with Gasteiger partial charge in [0.25, 0.3) is 0 Å². The van der Waals surface area contributed by atoms with Gasteiger partial charge in [0.1, 0.15) is 6.07 Å². The zero-order valence-electron chi connectivity index (χ0n) is 9.58. The van der Waals surface area contributed by atoms with Gasteiger partial charge in [-0.05, 0) is 30.9 Å². The Balaban J connectivity index is 1.79. The van der Waals surface area contributed by atoms with Gasteiger partial charge in [-0.2, -0.15) is 5.26 Å². The Kier molecular flexibility index (Phi) is 4.24. The van der Waals surface area contributed by atoms with Crippen LogP contribution >= 0.6 is 11.6 Å². The maximum atomic E-state index is 8.95. The number of benzene rings is 1. The highest BCUT2D eigenvalue weighted by Crippen LogP contribution is 2.28. The van der Waals surface area contributed by atoms with E-state index in [0.29, 0.717) is 29.4 Å². The largest absolute Gasteiger partial charge is 0.380 e. The Hall–Kier alpha value is -1.24. The molecule has 1 aliphatic carbocycles. The second-order valence-corrected chi connectivity index (χ2v) is 4.63. The molecule has 2 rings (SSSR count). The van der Waals surface area contributed by atoms with Gasteiger partial charge >= 0.3 is 0 Å². The third-order valence-electron chi connectivity index (χ3n) is 2.73. The maximum absolute atomic E-state index is 8.95. The average Bonchev–Trinajstić information content (AvgIpc) is 3.14. The summed E-state index contributed by atoms with van der Waals surface area (Å²) in [4.78, 5) is 0. The van der Waals surface area contributed by atoms with Crippen LogP contribution in [-0.2, 0) is 4.74 Å². The molecule has 1 aromatic carbocycles. The molecule has 0 heterocycles. The Morgan fingerprint density at radius 3 is 3.00 bits per heavy atom. The minimum absolute atomic E-state index is 0.569. The van der Waals surface area contributed by atoms with E-state index in [0.717, 1.165) is 12.5 Å². The van der Waals surface area contributed by atoms with Crippen LogP contribution < -0.4 is 5.32 Å². The number of nitriles is 1. The van der Waals surface area contributed by atoms with E-state index in [4.69, 9.17) is 21.6 Å². The van der Waals surface area contributed by atoms with Gasteiger partial charge in [0.05, 0.1) is 22.9 Å². The third kappa shape index (κ3) is 3.62. The molecule has 1 fully saturated rings. The van der Waals surface area contributed by atoms with Crippen molar-refractivity contribution < 1.29 is 4.74 Å². The molecule has 1 N–H and O–H groups in total. The number of rotatable bonds is 6. The first kappa shape index (κ1) is 12.2. The van der Waals surface area contributed by atoms with Gasteiger partial charge in [0.15, 0.2) is 0 Å². The molecule has 3 nitrogen and oxygen atoms in total. The number of nitrogens with zero attached hydrogens (tertiary/aromatic N) is 1. The number of hydrogen-bond donors (Lipinski definition) is 1. The van der Waals surface area contributed by atoms with Crippen molar-refractivity contribution in [1.82, 2.24) is 0 Å². The Bertz CT molecular complexity index is 424. The van der Waals surface area contributed by atoms with E-state index in [1.807, 2.05) is 0 Å². The lowest BCUT2D eigenvalue weighted by molar-refractivity contribution is 0.134.